The van der Waals surface area contributed by atoms with E-state index in [0.29, 0.717) is 19.1 Å². The first-order valence-corrected chi connectivity index (χ1v) is 6.32. The highest BCUT2D eigenvalue weighted by Gasteiger charge is 2.28. The van der Waals surface area contributed by atoms with Crippen LogP contribution in [0, 0.1) is 11.8 Å². The Bertz CT molecular complexity index is 205. The summed E-state index contributed by atoms with van der Waals surface area (Å²) >= 11 is 0. The van der Waals surface area contributed by atoms with E-state index in [1.54, 1.807) is 0 Å². The number of carbonyl (C=O) groups excluding carboxylic acids is 1. The van der Waals surface area contributed by atoms with Crippen LogP contribution in [0.15, 0.2) is 0 Å². The third kappa shape index (κ3) is 4.49. The van der Waals surface area contributed by atoms with Gasteiger partial charge in [-0.3, -0.25) is 4.79 Å². The summed E-state index contributed by atoms with van der Waals surface area (Å²) in [5.74, 6) is 0.795. The molecule has 0 aromatic rings. The number of unbranched alkanes of at least 4 members (excludes halogenated alkanes) is 1. The minimum absolute atomic E-state index is 0.122. The second kappa shape index (κ2) is 7.63. The van der Waals surface area contributed by atoms with Crippen molar-refractivity contribution in [2.45, 2.75) is 26.7 Å². The SMILES string of the molecule is CCCCOCCNC(=O)C(C)C1CNC1. The third-order valence-electron chi connectivity index (χ3n) is 3.12. The summed E-state index contributed by atoms with van der Waals surface area (Å²) in [5.41, 5.74) is 0. The van der Waals surface area contributed by atoms with Gasteiger partial charge in [0.25, 0.3) is 0 Å². The maximum absolute atomic E-state index is 11.7. The number of hydrogen-bond donors (Lipinski definition) is 2. The third-order valence-corrected chi connectivity index (χ3v) is 3.12. The van der Waals surface area contributed by atoms with Crippen LogP contribution >= 0.6 is 0 Å². The van der Waals surface area contributed by atoms with Gasteiger partial charge in [0.1, 0.15) is 0 Å². The van der Waals surface area contributed by atoms with Gasteiger partial charge in [0.15, 0.2) is 0 Å². The molecule has 1 amide bonds. The van der Waals surface area contributed by atoms with Crippen molar-refractivity contribution in [2.24, 2.45) is 11.8 Å². The highest BCUT2D eigenvalue weighted by atomic mass is 16.5. The van der Waals surface area contributed by atoms with Crippen molar-refractivity contribution < 1.29 is 9.53 Å². The lowest BCUT2D eigenvalue weighted by molar-refractivity contribution is -0.126. The van der Waals surface area contributed by atoms with Crippen molar-refractivity contribution in [1.29, 1.82) is 0 Å². The molecule has 0 spiro atoms. The van der Waals surface area contributed by atoms with Crippen LogP contribution in [0.25, 0.3) is 0 Å². The molecule has 1 fully saturated rings. The number of carbonyl (C=O) groups is 1. The second-order valence-corrected chi connectivity index (χ2v) is 4.46. The lowest BCUT2D eigenvalue weighted by Crippen LogP contribution is -2.49. The summed E-state index contributed by atoms with van der Waals surface area (Å²) in [5, 5.41) is 6.10. The lowest BCUT2D eigenvalue weighted by atomic mass is 9.88. The molecule has 1 rings (SSSR count). The molecule has 1 atom stereocenters. The number of nitrogens with one attached hydrogen (secondary N) is 2. The molecule has 1 aliphatic heterocycles. The summed E-state index contributed by atoms with van der Waals surface area (Å²) in [4.78, 5) is 11.7. The van der Waals surface area contributed by atoms with E-state index < -0.39 is 0 Å². The predicted octanol–water partition coefficient (Wildman–Crippen LogP) is 0.775. The summed E-state index contributed by atoms with van der Waals surface area (Å²) in [6, 6.07) is 0. The minimum Gasteiger partial charge on any atom is -0.380 e. The van der Waals surface area contributed by atoms with Crippen molar-refractivity contribution in [1.82, 2.24) is 10.6 Å². The largest absolute Gasteiger partial charge is 0.380 e. The molecule has 16 heavy (non-hydrogen) atoms. The lowest BCUT2D eigenvalue weighted by Gasteiger charge is -2.31. The van der Waals surface area contributed by atoms with E-state index in [1.807, 2.05) is 6.92 Å². The van der Waals surface area contributed by atoms with E-state index in [0.717, 1.165) is 32.5 Å². The molecule has 2 N–H and O–H groups in total. The average molecular weight is 228 g/mol. The maximum atomic E-state index is 11.7. The summed E-state index contributed by atoms with van der Waals surface area (Å²) in [6.07, 6.45) is 2.25. The molecular formula is C12H24N2O2. The van der Waals surface area contributed by atoms with Gasteiger partial charge in [-0.05, 0) is 25.4 Å². The Kier molecular flexibility index (Phi) is 6.42. The van der Waals surface area contributed by atoms with Crippen molar-refractivity contribution >= 4 is 5.91 Å². The quantitative estimate of drug-likeness (QED) is 0.603. The topological polar surface area (TPSA) is 50.4 Å². The molecule has 94 valence electrons. The van der Waals surface area contributed by atoms with Gasteiger partial charge in [-0.15, -0.1) is 0 Å². The molecular weight excluding hydrogens is 204 g/mol. The summed E-state index contributed by atoms with van der Waals surface area (Å²) in [6.45, 7) is 8.14. The highest BCUT2D eigenvalue weighted by Crippen LogP contribution is 2.15. The van der Waals surface area contributed by atoms with E-state index in [1.165, 1.54) is 0 Å². The monoisotopic (exact) mass is 228 g/mol. The van der Waals surface area contributed by atoms with Crippen LogP contribution in [0.3, 0.4) is 0 Å². The first-order chi connectivity index (χ1) is 7.75. The fraction of sp³-hybridized carbons (Fsp3) is 0.917. The molecule has 0 aliphatic carbocycles. The van der Waals surface area contributed by atoms with Crippen LogP contribution in [-0.4, -0.2) is 38.8 Å². The fourth-order valence-corrected chi connectivity index (χ4v) is 1.63. The average Bonchev–Trinajstić information content (AvgIpc) is 2.20. The Morgan fingerprint density at radius 2 is 2.25 bits per heavy atom. The molecule has 1 aliphatic rings. The van der Waals surface area contributed by atoms with Gasteiger partial charge in [-0.25, -0.2) is 0 Å². The van der Waals surface area contributed by atoms with Crippen molar-refractivity contribution in [3.63, 3.8) is 0 Å². The Labute approximate surface area is 98.1 Å². The van der Waals surface area contributed by atoms with Gasteiger partial charge < -0.3 is 15.4 Å². The summed E-state index contributed by atoms with van der Waals surface area (Å²) < 4.78 is 5.38. The van der Waals surface area contributed by atoms with Crippen LogP contribution in [0.1, 0.15) is 26.7 Å². The van der Waals surface area contributed by atoms with Crippen LogP contribution in [0.2, 0.25) is 0 Å². The van der Waals surface area contributed by atoms with Gasteiger partial charge in [-0.1, -0.05) is 20.3 Å². The molecule has 1 heterocycles. The number of hydrogen-bond acceptors (Lipinski definition) is 3. The minimum atomic E-state index is 0.122. The Hall–Kier alpha value is -0.610. The zero-order valence-corrected chi connectivity index (χ0v) is 10.4. The Morgan fingerprint density at radius 1 is 1.50 bits per heavy atom. The molecule has 1 unspecified atom stereocenters. The van der Waals surface area contributed by atoms with Crippen molar-refractivity contribution in [3.05, 3.63) is 0 Å². The molecule has 4 nitrogen and oxygen atoms in total. The van der Waals surface area contributed by atoms with E-state index in [2.05, 4.69) is 17.6 Å². The molecule has 0 bridgehead atoms. The van der Waals surface area contributed by atoms with Crippen LogP contribution in [-0.2, 0) is 9.53 Å². The van der Waals surface area contributed by atoms with Crippen LogP contribution in [0.4, 0.5) is 0 Å². The molecule has 0 radical (unpaired) electrons. The van der Waals surface area contributed by atoms with E-state index in [9.17, 15) is 4.79 Å². The second-order valence-electron chi connectivity index (χ2n) is 4.46. The Balaban J connectivity index is 1.97. The predicted molar refractivity (Wildman–Crippen MR) is 64.3 cm³/mol. The maximum Gasteiger partial charge on any atom is 0.223 e. The number of rotatable bonds is 8. The zero-order valence-electron chi connectivity index (χ0n) is 10.4. The fourth-order valence-electron chi connectivity index (χ4n) is 1.63. The smallest absolute Gasteiger partial charge is 0.223 e. The van der Waals surface area contributed by atoms with Gasteiger partial charge in [0.2, 0.25) is 5.91 Å². The normalized spacial score (nSPS) is 17.9. The first-order valence-electron chi connectivity index (χ1n) is 6.32. The van der Waals surface area contributed by atoms with Gasteiger partial charge >= 0.3 is 0 Å². The van der Waals surface area contributed by atoms with Crippen molar-refractivity contribution in [2.75, 3.05) is 32.8 Å². The highest BCUT2D eigenvalue weighted by molar-refractivity contribution is 5.78. The van der Waals surface area contributed by atoms with Crippen LogP contribution < -0.4 is 10.6 Å². The van der Waals surface area contributed by atoms with Crippen molar-refractivity contribution in [3.8, 4) is 0 Å². The Morgan fingerprint density at radius 3 is 2.81 bits per heavy atom. The molecule has 0 aromatic carbocycles. The van der Waals surface area contributed by atoms with E-state index in [-0.39, 0.29) is 11.8 Å². The van der Waals surface area contributed by atoms with Gasteiger partial charge in [0.05, 0.1) is 6.61 Å². The van der Waals surface area contributed by atoms with Gasteiger partial charge in [0, 0.05) is 19.1 Å². The first kappa shape index (κ1) is 13.5. The molecule has 0 aromatic heterocycles. The molecule has 0 saturated carbocycles. The van der Waals surface area contributed by atoms with E-state index >= 15 is 0 Å². The van der Waals surface area contributed by atoms with Crippen LogP contribution in [0.5, 0.6) is 0 Å². The number of ether oxygens (including phenoxy) is 1. The summed E-state index contributed by atoms with van der Waals surface area (Å²) in [7, 11) is 0. The molecule has 1 saturated heterocycles. The van der Waals surface area contributed by atoms with Gasteiger partial charge in [-0.2, -0.15) is 0 Å². The standard InChI is InChI=1S/C12H24N2O2/c1-3-4-6-16-7-5-14-12(15)10(2)11-8-13-9-11/h10-11,13H,3-9H2,1-2H3,(H,14,15). The zero-order chi connectivity index (χ0) is 11.8. The number of amides is 1. The van der Waals surface area contributed by atoms with E-state index in [4.69, 9.17) is 4.74 Å². The molecule has 4 heteroatoms.